The van der Waals surface area contributed by atoms with E-state index < -0.39 is 0 Å². The molecule has 0 aliphatic carbocycles. The van der Waals surface area contributed by atoms with E-state index in [1.807, 2.05) is 39.0 Å². The Labute approximate surface area is 164 Å². The van der Waals surface area contributed by atoms with Crippen LogP contribution in [0.3, 0.4) is 0 Å². The highest BCUT2D eigenvalue weighted by Crippen LogP contribution is 2.31. The van der Waals surface area contributed by atoms with Crippen molar-refractivity contribution in [1.29, 1.82) is 5.26 Å². The first-order chi connectivity index (χ1) is 13.5. The average molecular weight is 374 g/mol. The topological polar surface area (TPSA) is 98.4 Å². The molecule has 1 amide bonds. The van der Waals surface area contributed by atoms with Crippen LogP contribution in [-0.2, 0) is 4.79 Å². The fraction of sp³-hybridized carbons (Fsp3) is 0.182. The molecule has 0 unspecified atom stereocenters. The zero-order valence-electron chi connectivity index (χ0n) is 16.2. The number of oxime groups is 1. The number of hydrogen-bond donors (Lipinski definition) is 2. The van der Waals surface area contributed by atoms with E-state index in [1.165, 1.54) is 0 Å². The number of carbonyl (C=O) groups excluding carboxylic acids is 1. The van der Waals surface area contributed by atoms with E-state index in [-0.39, 0.29) is 0 Å². The predicted molar refractivity (Wildman–Crippen MR) is 112 cm³/mol. The van der Waals surface area contributed by atoms with Crippen LogP contribution in [0, 0.1) is 11.3 Å². The molecular weight excluding hydrogens is 352 g/mol. The number of benzene rings is 1. The van der Waals surface area contributed by atoms with Gasteiger partial charge in [0.15, 0.2) is 0 Å². The molecule has 0 saturated carbocycles. The van der Waals surface area contributed by atoms with Gasteiger partial charge in [-0.3, -0.25) is 4.79 Å². The molecule has 2 rings (SSSR count). The number of nitrogens with zero attached hydrogens (tertiary/aromatic N) is 3. The van der Waals surface area contributed by atoms with Crippen LogP contribution < -0.4 is 5.32 Å². The Morgan fingerprint density at radius 1 is 1.39 bits per heavy atom. The van der Waals surface area contributed by atoms with Crippen LogP contribution in [0.2, 0.25) is 0 Å². The molecule has 0 radical (unpaired) electrons. The number of nitrogens with one attached hydrogen (secondary N) is 1. The van der Waals surface area contributed by atoms with Gasteiger partial charge < -0.3 is 10.5 Å². The van der Waals surface area contributed by atoms with E-state index in [4.69, 9.17) is 5.21 Å². The summed E-state index contributed by atoms with van der Waals surface area (Å²) in [6, 6.07) is 7.65. The zero-order valence-corrected chi connectivity index (χ0v) is 16.2. The highest BCUT2D eigenvalue weighted by Gasteiger charge is 2.12. The van der Waals surface area contributed by atoms with Crippen molar-refractivity contribution in [3.63, 3.8) is 0 Å². The van der Waals surface area contributed by atoms with E-state index >= 15 is 0 Å². The summed E-state index contributed by atoms with van der Waals surface area (Å²) in [5, 5.41) is 26.2. The van der Waals surface area contributed by atoms with Crippen LogP contribution in [0.5, 0.6) is 0 Å². The van der Waals surface area contributed by atoms with Gasteiger partial charge in [-0.05, 0) is 60.6 Å². The number of fused-ring (bicyclic) bond motifs is 1. The molecule has 28 heavy (non-hydrogen) atoms. The molecule has 142 valence electrons. The molecule has 1 heterocycles. The summed E-state index contributed by atoms with van der Waals surface area (Å²) in [6.07, 6.45) is 6.55. The van der Waals surface area contributed by atoms with Crippen molar-refractivity contribution in [3.05, 3.63) is 65.4 Å². The second-order valence-corrected chi connectivity index (χ2v) is 6.14. The number of nitriles is 1. The lowest BCUT2D eigenvalue weighted by Gasteiger charge is -2.13. The molecule has 0 fully saturated rings. The molecule has 0 bridgehead atoms. The van der Waals surface area contributed by atoms with Crippen LogP contribution >= 0.6 is 0 Å². The fourth-order valence-electron chi connectivity index (χ4n) is 3.03. The third-order valence-electron chi connectivity index (χ3n) is 4.41. The standard InChI is InChI=1S/C22H22N4O2/c1-5-19(14(3)7-15(4)21(6-2)26-28)20-9-18-12-24-22(25-13-27)10-16(18)8-17(20)11-23/h5,7-10,12-13,28H,4,6H2,1-3H3,(H,24,25,27)/b14-7-,19-5+,26-21+. The minimum absolute atomic E-state index is 0.424. The van der Waals surface area contributed by atoms with E-state index in [2.05, 4.69) is 28.1 Å². The molecule has 2 N–H and O–H groups in total. The number of anilines is 1. The third-order valence-corrected chi connectivity index (χ3v) is 4.41. The summed E-state index contributed by atoms with van der Waals surface area (Å²) >= 11 is 0. The van der Waals surface area contributed by atoms with E-state index in [9.17, 15) is 10.1 Å². The molecule has 2 aromatic rings. The van der Waals surface area contributed by atoms with E-state index in [0.29, 0.717) is 35.5 Å². The maximum Gasteiger partial charge on any atom is 0.212 e. The van der Waals surface area contributed by atoms with Crippen molar-refractivity contribution < 1.29 is 10.0 Å². The van der Waals surface area contributed by atoms with Crippen LogP contribution in [0.15, 0.2) is 59.4 Å². The van der Waals surface area contributed by atoms with Gasteiger partial charge in [0.25, 0.3) is 0 Å². The molecule has 6 nitrogen and oxygen atoms in total. The van der Waals surface area contributed by atoms with E-state index in [0.717, 1.165) is 27.5 Å². The maximum absolute atomic E-state index is 10.6. The van der Waals surface area contributed by atoms with Gasteiger partial charge in [0.05, 0.1) is 17.3 Å². The predicted octanol–water partition coefficient (Wildman–Crippen LogP) is 4.82. The zero-order chi connectivity index (χ0) is 20.7. The lowest BCUT2D eigenvalue weighted by molar-refractivity contribution is -0.105. The fourth-order valence-corrected chi connectivity index (χ4v) is 3.03. The van der Waals surface area contributed by atoms with Crippen molar-refractivity contribution in [2.75, 3.05) is 5.32 Å². The number of allylic oxidation sites excluding steroid dienone is 5. The van der Waals surface area contributed by atoms with Gasteiger partial charge in [-0.15, -0.1) is 0 Å². The smallest absolute Gasteiger partial charge is 0.212 e. The van der Waals surface area contributed by atoms with Crippen molar-refractivity contribution in [1.82, 2.24) is 4.98 Å². The molecule has 0 atom stereocenters. The highest BCUT2D eigenvalue weighted by atomic mass is 16.4. The monoisotopic (exact) mass is 374 g/mol. The number of amides is 1. The van der Waals surface area contributed by atoms with Gasteiger partial charge >= 0.3 is 0 Å². The summed E-state index contributed by atoms with van der Waals surface area (Å²) in [5.74, 6) is 0.424. The molecule has 6 heteroatoms. The maximum atomic E-state index is 10.6. The quantitative estimate of drug-likeness (QED) is 0.239. The first-order valence-electron chi connectivity index (χ1n) is 8.78. The highest BCUT2D eigenvalue weighted by molar-refractivity contribution is 6.02. The van der Waals surface area contributed by atoms with Gasteiger partial charge in [-0.25, -0.2) is 4.98 Å². The lowest BCUT2D eigenvalue weighted by atomic mass is 9.91. The Morgan fingerprint density at radius 2 is 2.14 bits per heavy atom. The molecule has 0 aliphatic rings. The normalized spacial score (nSPS) is 12.6. The molecular formula is C22H22N4O2. The van der Waals surface area contributed by atoms with Gasteiger partial charge in [0.1, 0.15) is 5.82 Å². The largest absolute Gasteiger partial charge is 0.411 e. The van der Waals surface area contributed by atoms with Crippen LogP contribution in [0.1, 0.15) is 38.3 Å². The Morgan fingerprint density at radius 3 is 2.71 bits per heavy atom. The summed E-state index contributed by atoms with van der Waals surface area (Å²) in [5.41, 5.74) is 4.18. The Bertz CT molecular complexity index is 1060. The van der Waals surface area contributed by atoms with Crippen molar-refractivity contribution >= 4 is 34.3 Å². The molecule has 0 spiro atoms. The molecule has 1 aromatic heterocycles. The Balaban J connectivity index is 2.57. The van der Waals surface area contributed by atoms with Crippen LogP contribution in [0.4, 0.5) is 5.82 Å². The van der Waals surface area contributed by atoms with E-state index in [1.54, 1.807) is 18.3 Å². The number of rotatable bonds is 7. The first-order valence-corrected chi connectivity index (χ1v) is 8.78. The number of carbonyl (C=O) groups is 1. The first kappa shape index (κ1) is 20.6. The van der Waals surface area contributed by atoms with Crippen LogP contribution in [0.25, 0.3) is 16.3 Å². The second kappa shape index (κ2) is 9.28. The molecule has 0 saturated heterocycles. The molecule has 1 aromatic carbocycles. The SMILES string of the molecule is C=C(/C=C(C)\C(=C/C)c1cc2cnc(NC=O)cc2cc1C#N)/C(CC)=N/O. The van der Waals surface area contributed by atoms with Crippen molar-refractivity contribution in [3.8, 4) is 6.07 Å². The number of hydrogen-bond acceptors (Lipinski definition) is 5. The van der Waals surface area contributed by atoms with Gasteiger partial charge in [-0.1, -0.05) is 30.8 Å². The minimum Gasteiger partial charge on any atom is -0.411 e. The summed E-state index contributed by atoms with van der Waals surface area (Å²) in [4.78, 5) is 14.8. The third kappa shape index (κ3) is 4.33. The Kier molecular flexibility index (Phi) is 6.83. The van der Waals surface area contributed by atoms with Gasteiger partial charge in [0, 0.05) is 17.1 Å². The van der Waals surface area contributed by atoms with Crippen LogP contribution in [-0.4, -0.2) is 22.3 Å². The Hall–Kier alpha value is -3.72. The van der Waals surface area contributed by atoms with Crippen molar-refractivity contribution in [2.45, 2.75) is 27.2 Å². The number of pyridine rings is 1. The van der Waals surface area contributed by atoms with Crippen molar-refractivity contribution in [2.24, 2.45) is 5.16 Å². The summed E-state index contributed by atoms with van der Waals surface area (Å²) in [7, 11) is 0. The minimum atomic E-state index is 0.424. The average Bonchev–Trinajstić information content (AvgIpc) is 2.69. The summed E-state index contributed by atoms with van der Waals surface area (Å²) < 4.78 is 0. The lowest BCUT2D eigenvalue weighted by Crippen LogP contribution is -2.00. The summed E-state index contributed by atoms with van der Waals surface area (Å²) in [6.45, 7) is 9.67. The number of aromatic nitrogens is 1. The van der Waals surface area contributed by atoms with Gasteiger partial charge in [-0.2, -0.15) is 5.26 Å². The molecule has 0 aliphatic heterocycles. The van der Waals surface area contributed by atoms with Gasteiger partial charge in [0.2, 0.25) is 6.41 Å². The second-order valence-electron chi connectivity index (χ2n) is 6.14.